The summed E-state index contributed by atoms with van der Waals surface area (Å²) in [6.45, 7) is 3.46. The zero-order valence-corrected chi connectivity index (χ0v) is 8.28. The number of amides is 1. The number of rotatable bonds is 5. The summed E-state index contributed by atoms with van der Waals surface area (Å²) in [5, 5.41) is 11.5. The van der Waals surface area contributed by atoms with E-state index < -0.39 is 0 Å². The third-order valence-electron chi connectivity index (χ3n) is 1.52. The van der Waals surface area contributed by atoms with E-state index in [9.17, 15) is 4.79 Å². The lowest BCUT2D eigenvalue weighted by molar-refractivity contribution is -0.119. The number of unbranched alkanes of at least 4 members (excludes halogenated alkanes) is 1. The van der Waals surface area contributed by atoms with Crippen LogP contribution in [-0.4, -0.2) is 22.1 Å². The van der Waals surface area contributed by atoms with Crippen LogP contribution < -0.4 is 5.32 Å². The smallest absolute Gasteiger partial charge is 0.217 e. The molecule has 0 radical (unpaired) electrons. The summed E-state index contributed by atoms with van der Waals surface area (Å²) in [5.41, 5.74) is 0. The molecule has 0 rings (SSSR count). The van der Waals surface area contributed by atoms with Crippen LogP contribution >= 0.6 is 12.2 Å². The van der Waals surface area contributed by atoms with Gasteiger partial charge in [-0.15, -0.1) is 0 Å². The first kappa shape index (κ1) is 11.4. The van der Waals surface area contributed by atoms with Crippen molar-refractivity contribution < 1.29 is 9.90 Å². The quantitative estimate of drug-likeness (QED) is 0.645. The van der Waals surface area contributed by atoms with Gasteiger partial charge in [0.25, 0.3) is 0 Å². The fraction of sp³-hybridized carbons (Fsp3) is 0.750. The zero-order valence-electron chi connectivity index (χ0n) is 7.46. The first-order valence-electron chi connectivity index (χ1n) is 4.07. The zero-order chi connectivity index (χ0) is 9.56. The maximum atomic E-state index is 10.6. The topological polar surface area (TPSA) is 49.3 Å². The van der Waals surface area contributed by atoms with Gasteiger partial charge in [-0.25, -0.2) is 0 Å². The molecule has 0 aliphatic rings. The van der Waals surface area contributed by atoms with Crippen LogP contribution in [0.3, 0.4) is 0 Å². The molecule has 0 spiro atoms. The molecule has 1 unspecified atom stereocenters. The second kappa shape index (κ2) is 5.94. The van der Waals surface area contributed by atoms with Crippen molar-refractivity contribution in [1.29, 1.82) is 0 Å². The Morgan fingerprint density at radius 1 is 1.67 bits per heavy atom. The van der Waals surface area contributed by atoms with E-state index >= 15 is 0 Å². The maximum absolute atomic E-state index is 10.6. The van der Waals surface area contributed by atoms with Gasteiger partial charge >= 0.3 is 0 Å². The molecule has 0 aromatic rings. The van der Waals surface area contributed by atoms with Crippen molar-refractivity contribution in [2.24, 2.45) is 0 Å². The summed E-state index contributed by atoms with van der Waals surface area (Å²) in [5.74, 6) is -0.160. The van der Waals surface area contributed by atoms with Gasteiger partial charge in [-0.1, -0.05) is 19.8 Å². The molecule has 0 saturated carbocycles. The highest BCUT2D eigenvalue weighted by Gasteiger charge is 2.12. The predicted molar refractivity (Wildman–Crippen MR) is 52.4 cm³/mol. The fourth-order valence-electron chi connectivity index (χ4n) is 0.911. The molecule has 70 valence electrons. The van der Waals surface area contributed by atoms with Crippen LogP contribution in [-0.2, 0) is 4.79 Å². The highest BCUT2D eigenvalue weighted by molar-refractivity contribution is 7.80. The molecule has 1 atom stereocenters. The van der Waals surface area contributed by atoms with Gasteiger partial charge in [0.15, 0.2) is 5.05 Å². The number of carbonyl (C=O) groups excluding carboxylic acids is 1. The lowest BCUT2D eigenvalue weighted by Crippen LogP contribution is -2.38. The van der Waals surface area contributed by atoms with Gasteiger partial charge in [-0.3, -0.25) is 4.79 Å². The Bertz CT molecular complexity index is 170. The molecule has 0 aromatic heterocycles. The van der Waals surface area contributed by atoms with Crippen LogP contribution in [0.1, 0.15) is 33.1 Å². The second-order valence-corrected chi connectivity index (χ2v) is 3.15. The predicted octanol–water partition coefficient (Wildman–Crippen LogP) is 1.57. The van der Waals surface area contributed by atoms with Gasteiger partial charge in [0, 0.05) is 6.92 Å². The number of aliphatic hydroxyl groups excluding tert-OH is 1. The number of aliphatic hydroxyl groups is 1. The Hall–Kier alpha value is -0.640. The highest BCUT2D eigenvalue weighted by atomic mass is 32.1. The van der Waals surface area contributed by atoms with E-state index in [1.807, 2.05) is 6.92 Å². The summed E-state index contributed by atoms with van der Waals surface area (Å²) in [4.78, 5) is 10.6. The molecule has 0 aromatic carbocycles. The number of nitrogens with one attached hydrogen (secondary N) is 1. The molecule has 3 nitrogen and oxygen atoms in total. The van der Waals surface area contributed by atoms with E-state index in [-0.39, 0.29) is 17.0 Å². The van der Waals surface area contributed by atoms with Crippen LogP contribution in [0.25, 0.3) is 0 Å². The Morgan fingerprint density at radius 3 is 2.58 bits per heavy atom. The van der Waals surface area contributed by atoms with Crippen LogP contribution in [0, 0.1) is 0 Å². The fourth-order valence-corrected chi connectivity index (χ4v) is 1.09. The second-order valence-electron chi connectivity index (χ2n) is 2.73. The summed E-state index contributed by atoms with van der Waals surface area (Å²) in [6.07, 6.45) is 2.69. The van der Waals surface area contributed by atoms with E-state index in [4.69, 9.17) is 5.11 Å². The van der Waals surface area contributed by atoms with E-state index in [1.165, 1.54) is 6.92 Å². The number of carbonyl (C=O) groups is 1. The summed E-state index contributed by atoms with van der Waals surface area (Å²) in [6, 6.07) is -0.350. The molecule has 0 heterocycles. The molecule has 12 heavy (non-hydrogen) atoms. The number of hydrogen-bond donors (Lipinski definition) is 2. The summed E-state index contributed by atoms with van der Waals surface area (Å²) >= 11 is 4.59. The standard InChI is InChI=1S/C8H15NO2S/c1-3-4-5-7(8(11)12)9-6(2)10/h7H,3-5H2,1-2H3,(H,9,10)(H,11,12). The summed E-state index contributed by atoms with van der Waals surface area (Å²) in [7, 11) is 0. The molecule has 0 fully saturated rings. The van der Waals surface area contributed by atoms with Crippen molar-refractivity contribution >= 4 is 23.2 Å². The Labute approximate surface area is 78.2 Å². The van der Waals surface area contributed by atoms with Crippen LogP contribution in [0.4, 0.5) is 0 Å². The van der Waals surface area contributed by atoms with Crippen molar-refractivity contribution in [1.82, 2.24) is 5.32 Å². The Morgan fingerprint density at radius 2 is 2.25 bits per heavy atom. The molecule has 1 amide bonds. The SMILES string of the molecule is CCCCC(NC(C)=O)C(O)=S. The third-order valence-corrected chi connectivity index (χ3v) is 1.81. The molecular weight excluding hydrogens is 174 g/mol. The minimum absolute atomic E-state index is 0.126. The van der Waals surface area contributed by atoms with Gasteiger partial charge in [0.05, 0.1) is 6.04 Å². The van der Waals surface area contributed by atoms with Crippen LogP contribution in [0.2, 0.25) is 0 Å². The third kappa shape index (κ3) is 5.07. The van der Waals surface area contributed by atoms with Crippen molar-refractivity contribution in [3.05, 3.63) is 0 Å². The molecule has 0 aliphatic heterocycles. The first-order chi connectivity index (χ1) is 5.57. The first-order valence-corrected chi connectivity index (χ1v) is 4.48. The summed E-state index contributed by atoms with van der Waals surface area (Å²) < 4.78 is 0. The lowest BCUT2D eigenvalue weighted by Gasteiger charge is -2.14. The molecule has 0 saturated heterocycles. The highest BCUT2D eigenvalue weighted by Crippen LogP contribution is 2.01. The van der Waals surface area contributed by atoms with Crippen LogP contribution in [0.5, 0.6) is 0 Å². The van der Waals surface area contributed by atoms with Crippen molar-refractivity contribution in [2.75, 3.05) is 0 Å². The van der Waals surface area contributed by atoms with E-state index in [0.717, 1.165) is 12.8 Å². The maximum Gasteiger partial charge on any atom is 0.217 e. The van der Waals surface area contributed by atoms with Crippen molar-refractivity contribution in [3.8, 4) is 0 Å². The van der Waals surface area contributed by atoms with Gasteiger partial charge in [-0.2, -0.15) is 0 Å². The largest absolute Gasteiger partial charge is 0.500 e. The van der Waals surface area contributed by atoms with Gasteiger partial charge in [0.1, 0.15) is 0 Å². The minimum Gasteiger partial charge on any atom is -0.500 e. The van der Waals surface area contributed by atoms with Crippen molar-refractivity contribution in [2.45, 2.75) is 39.2 Å². The molecule has 4 heteroatoms. The van der Waals surface area contributed by atoms with E-state index in [2.05, 4.69) is 17.5 Å². The normalized spacial score (nSPS) is 12.2. The molecule has 2 N–H and O–H groups in total. The van der Waals surface area contributed by atoms with E-state index in [0.29, 0.717) is 6.42 Å². The minimum atomic E-state index is -0.350. The van der Waals surface area contributed by atoms with Crippen molar-refractivity contribution in [3.63, 3.8) is 0 Å². The molecule has 0 aliphatic carbocycles. The molecular formula is C8H15NO2S. The average Bonchev–Trinajstić information content (AvgIpc) is 1.96. The monoisotopic (exact) mass is 189 g/mol. The number of thiocarbonyl (C=S) groups is 1. The van der Waals surface area contributed by atoms with Gasteiger partial charge in [0.2, 0.25) is 5.91 Å². The lowest BCUT2D eigenvalue weighted by atomic mass is 10.1. The number of hydrogen-bond acceptors (Lipinski definition) is 2. The van der Waals surface area contributed by atoms with Gasteiger partial charge < -0.3 is 10.4 Å². The Kier molecular flexibility index (Phi) is 5.62. The van der Waals surface area contributed by atoms with Crippen LogP contribution in [0.15, 0.2) is 0 Å². The molecule has 0 bridgehead atoms. The van der Waals surface area contributed by atoms with E-state index in [1.54, 1.807) is 0 Å². The van der Waals surface area contributed by atoms with Gasteiger partial charge in [-0.05, 0) is 18.6 Å². The Balaban J connectivity index is 3.87. The average molecular weight is 189 g/mol.